The fraction of sp³-hybridized carbons (Fsp3) is 1.00. The van der Waals surface area contributed by atoms with Gasteiger partial charge >= 0.3 is 0 Å². The molecule has 0 aliphatic carbocycles. The molecule has 2 aliphatic heterocycles. The Morgan fingerprint density at radius 2 is 2.44 bits per heavy atom. The second-order valence-electron chi connectivity index (χ2n) is 2.71. The first-order chi connectivity index (χ1) is 4.38. The first kappa shape index (κ1) is 5.65. The minimum absolute atomic E-state index is 0.227. The predicted octanol–water partition coefficient (Wildman–Crippen LogP) is -0.892. The molecule has 0 saturated carbocycles. The minimum Gasteiger partial charge on any atom is -0.389 e. The minimum atomic E-state index is -0.266. The molecule has 2 rings (SSSR count). The lowest BCUT2D eigenvalue weighted by molar-refractivity contribution is 0.0875. The van der Waals surface area contributed by atoms with Crippen molar-refractivity contribution in [1.29, 1.82) is 0 Å². The van der Waals surface area contributed by atoms with Gasteiger partial charge in [0.2, 0.25) is 0 Å². The third-order valence-electron chi connectivity index (χ3n) is 2.11. The summed E-state index contributed by atoms with van der Waals surface area (Å²) in [6.45, 7) is 1.51. The fourth-order valence-corrected chi connectivity index (χ4v) is 1.60. The van der Waals surface area contributed by atoms with E-state index in [0.29, 0.717) is 12.7 Å². The van der Waals surface area contributed by atoms with Crippen LogP contribution >= 0.6 is 0 Å². The van der Waals surface area contributed by atoms with Crippen LogP contribution in [-0.4, -0.2) is 36.5 Å². The van der Waals surface area contributed by atoms with Crippen LogP contribution in [0.25, 0.3) is 0 Å². The molecule has 0 aromatic heterocycles. The molecule has 9 heavy (non-hydrogen) atoms. The van der Waals surface area contributed by atoms with E-state index >= 15 is 0 Å². The van der Waals surface area contributed by atoms with Crippen molar-refractivity contribution < 1.29 is 9.84 Å². The summed E-state index contributed by atoms with van der Waals surface area (Å²) < 4.78 is 5.28. The van der Waals surface area contributed by atoms with E-state index in [2.05, 4.69) is 5.32 Å². The molecule has 2 aliphatic rings. The molecule has 0 aromatic rings. The van der Waals surface area contributed by atoms with E-state index in [1.165, 1.54) is 0 Å². The van der Waals surface area contributed by atoms with Crippen LogP contribution in [0, 0.1) is 0 Å². The molecule has 2 heterocycles. The van der Waals surface area contributed by atoms with Crippen molar-refractivity contribution in [2.45, 2.75) is 24.7 Å². The van der Waals surface area contributed by atoms with Crippen LogP contribution in [0.5, 0.6) is 0 Å². The van der Waals surface area contributed by atoms with Gasteiger partial charge in [0.25, 0.3) is 0 Å². The summed E-state index contributed by atoms with van der Waals surface area (Å²) >= 11 is 0. The molecule has 0 aromatic carbocycles. The molecule has 0 bridgehead atoms. The molecule has 0 amide bonds. The van der Waals surface area contributed by atoms with Gasteiger partial charge in [-0.15, -0.1) is 0 Å². The van der Waals surface area contributed by atoms with Crippen molar-refractivity contribution in [3.05, 3.63) is 0 Å². The highest BCUT2D eigenvalue weighted by Gasteiger charge is 2.38. The van der Waals surface area contributed by atoms with Gasteiger partial charge in [-0.1, -0.05) is 0 Å². The van der Waals surface area contributed by atoms with E-state index in [0.717, 1.165) is 13.0 Å². The zero-order chi connectivity index (χ0) is 6.27. The summed E-state index contributed by atoms with van der Waals surface area (Å²) in [7, 11) is 0. The van der Waals surface area contributed by atoms with Gasteiger partial charge in [-0.25, -0.2) is 0 Å². The summed E-state index contributed by atoms with van der Waals surface area (Å²) in [6, 6.07) is 0.227. The predicted molar refractivity (Wildman–Crippen MR) is 32.2 cm³/mol. The average Bonchev–Trinajstić information content (AvgIpc) is 2.35. The summed E-state index contributed by atoms with van der Waals surface area (Å²) in [5.41, 5.74) is 0. The van der Waals surface area contributed by atoms with E-state index in [4.69, 9.17) is 4.74 Å². The molecule has 0 unspecified atom stereocenters. The maximum Gasteiger partial charge on any atom is 0.0951 e. The highest BCUT2D eigenvalue weighted by Crippen LogP contribution is 2.21. The number of ether oxygens (including phenoxy) is 1. The lowest BCUT2D eigenvalue weighted by Gasteiger charge is -2.09. The number of hydrogen-bond donors (Lipinski definition) is 2. The van der Waals surface area contributed by atoms with Crippen molar-refractivity contribution in [2.24, 2.45) is 0 Å². The Morgan fingerprint density at radius 3 is 3.22 bits per heavy atom. The Kier molecular flexibility index (Phi) is 1.22. The van der Waals surface area contributed by atoms with Crippen LogP contribution < -0.4 is 5.32 Å². The molecule has 0 spiro atoms. The van der Waals surface area contributed by atoms with E-state index in [1.807, 2.05) is 0 Å². The topological polar surface area (TPSA) is 41.5 Å². The Bertz CT molecular complexity index is 118. The largest absolute Gasteiger partial charge is 0.389 e. The van der Waals surface area contributed by atoms with Gasteiger partial charge in [0.05, 0.1) is 24.9 Å². The summed E-state index contributed by atoms with van der Waals surface area (Å²) in [4.78, 5) is 0. The van der Waals surface area contributed by atoms with Crippen molar-refractivity contribution >= 4 is 0 Å². The van der Waals surface area contributed by atoms with Crippen LogP contribution in [0.3, 0.4) is 0 Å². The fourth-order valence-electron chi connectivity index (χ4n) is 1.60. The monoisotopic (exact) mass is 129 g/mol. The third-order valence-corrected chi connectivity index (χ3v) is 2.11. The summed E-state index contributed by atoms with van der Waals surface area (Å²) in [5.74, 6) is 0. The SMILES string of the molecule is O[C@H]1CO[C@H]2CCN[C@H]21. The summed E-state index contributed by atoms with van der Waals surface area (Å²) in [5, 5.41) is 12.4. The average molecular weight is 129 g/mol. The second-order valence-corrected chi connectivity index (χ2v) is 2.71. The number of hydrogen-bond acceptors (Lipinski definition) is 3. The number of aliphatic hydroxyl groups excluding tert-OH is 1. The molecule has 3 nitrogen and oxygen atoms in total. The maximum absolute atomic E-state index is 9.21. The molecule has 52 valence electrons. The quantitative estimate of drug-likeness (QED) is 0.446. The Labute approximate surface area is 54.0 Å². The van der Waals surface area contributed by atoms with Crippen LogP contribution in [0.15, 0.2) is 0 Å². The van der Waals surface area contributed by atoms with Crippen LogP contribution in [0.2, 0.25) is 0 Å². The normalized spacial score (nSPS) is 49.7. The second kappa shape index (κ2) is 1.94. The van der Waals surface area contributed by atoms with E-state index in [1.54, 1.807) is 0 Å². The zero-order valence-corrected chi connectivity index (χ0v) is 5.21. The van der Waals surface area contributed by atoms with Gasteiger partial charge in [-0.3, -0.25) is 0 Å². The highest BCUT2D eigenvalue weighted by molar-refractivity contribution is 4.94. The van der Waals surface area contributed by atoms with Gasteiger partial charge in [0.15, 0.2) is 0 Å². The molecular formula is C6H11NO2. The number of fused-ring (bicyclic) bond motifs is 1. The van der Waals surface area contributed by atoms with E-state index in [9.17, 15) is 5.11 Å². The molecule has 3 atom stereocenters. The lowest BCUT2D eigenvalue weighted by Crippen LogP contribution is -2.36. The van der Waals surface area contributed by atoms with Gasteiger partial charge in [0, 0.05) is 0 Å². The highest BCUT2D eigenvalue weighted by atomic mass is 16.5. The van der Waals surface area contributed by atoms with Gasteiger partial charge in [-0.2, -0.15) is 0 Å². The Hall–Kier alpha value is -0.120. The third kappa shape index (κ3) is 0.764. The van der Waals surface area contributed by atoms with Crippen molar-refractivity contribution in [3.63, 3.8) is 0 Å². The molecule has 3 heteroatoms. The smallest absolute Gasteiger partial charge is 0.0951 e. The van der Waals surface area contributed by atoms with Gasteiger partial charge in [-0.05, 0) is 13.0 Å². The van der Waals surface area contributed by atoms with Crippen LogP contribution in [0.1, 0.15) is 6.42 Å². The lowest BCUT2D eigenvalue weighted by atomic mass is 10.1. The zero-order valence-electron chi connectivity index (χ0n) is 5.21. The first-order valence-electron chi connectivity index (χ1n) is 3.41. The van der Waals surface area contributed by atoms with Gasteiger partial charge < -0.3 is 15.2 Å². The standard InChI is InChI=1S/C6H11NO2/c8-4-3-9-5-1-2-7-6(4)5/h4-8H,1-3H2/t4-,5-,6-/m0/s1. The molecule has 2 N–H and O–H groups in total. The maximum atomic E-state index is 9.21. The van der Waals surface area contributed by atoms with Crippen molar-refractivity contribution in [3.8, 4) is 0 Å². The molecule has 0 radical (unpaired) electrons. The van der Waals surface area contributed by atoms with Crippen LogP contribution in [-0.2, 0) is 4.74 Å². The van der Waals surface area contributed by atoms with Crippen LogP contribution in [0.4, 0.5) is 0 Å². The number of aliphatic hydroxyl groups is 1. The van der Waals surface area contributed by atoms with Crippen molar-refractivity contribution in [2.75, 3.05) is 13.2 Å². The van der Waals surface area contributed by atoms with Gasteiger partial charge in [0.1, 0.15) is 0 Å². The van der Waals surface area contributed by atoms with Crippen molar-refractivity contribution in [1.82, 2.24) is 5.32 Å². The Balaban J connectivity index is 2.07. The van der Waals surface area contributed by atoms with E-state index < -0.39 is 0 Å². The molecule has 2 fully saturated rings. The van der Waals surface area contributed by atoms with E-state index in [-0.39, 0.29) is 12.1 Å². The summed E-state index contributed by atoms with van der Waals surface area (Å²) in [6.07, 6.45) is 1.08. The first-order valence-corrected chi connectivity index (χ1v) is 3.41. The molecule has 2 saturated heterocycles. The number of nitrogens with one attached hydrogen (secondary N) is 1. The Morgan fingerprint density at radius 1 is 1.56 bits per heavy atom. The molecular weight excluding hydrogens is 118 g/mol. The number of rotatable bonds is 0.